The Morgan fingerprint density at radius 2 is 2.15 bits per heavy atom. The number of rotatable bonds is 3. The lowest BCUT2D eigenvalue weighted by atomic mass is 10.2. The molecule has 112 valence electrons. The minimum absolute atomic E-state index is 0.0538. The van der Waals surface area contributed by atoms with Crippen molar-refractivity contribution in [2.75, 3.05) is 18.5 Å². The van der Waals surface area contributed by atoms with Crippen LogP contribution in [0.25, 0.3) is 0 Å². The van der Waals surface area contributed by atoms with E-state index in [0.29, 0.717) is 6.61 Å². The Labute approximate surface area is 119 Å². The lowest BCUT2D eigenvalue weighted by molar-refractivity contribution is -0.137. The van der Waals surface area contributed by atoms with E-state index < -0.39 is 17.5 Å². The van der Waals surface area contributed by atoms with Gasteiger partial charge in [-0.3, -0.25) is 0 Å². The molecule has 4 nitrogen and oxygen atoms in total. The highest BCUT2D eigenvalue weighted by molar-refractivity contribution is 6.29. The molecule has 2 rings (SSSR count). The van der Waals surface area contributed by atoms with Gasteiger partial charge in [0.25, 0.3) is 0 Å². The van der Waals surface area contributed by atoms with Crippen LogP contribution < -0.4 is 5.32 Å². The Morgan fingerprint density at radius 1 is 1.45 bits per heavy atom. The van der Waals surface area contributed by atoms with Gasteiger partial charge >= 0.3 is 6.18 Å². The number of nitrogens with zero attached hydrogens (tertiary/aromatic N) is 1. The van der Waals surface area contributed by atoms with Gasteiger partial charge in [0.05, 0.1) is 12.2 Å². The Bertz CT molecular complexity index is 494. The average Bonchev–Trinajstić information content (AvgIpc) is 2.64. The number of anilines is 1. The van der Waals surface area contributed by atoms with Crippen LogP contribution in [0.5, 0.6) is 0 Å². The fourth-order valence-electron chi connectivity index (χ4n) is 1.83. The van der Waals surface area contributed by atoms with Crippen LogP contribution >= 0.6 is 11.6 Å². The second kappa shape index (κ2) is 5.38. The average molecular weight is 311 g/mol. The SMILES string of the molecule is CC1(C)OCC(CNc2cc(C(F)(F)F)cc(Cl)n2)O1. The van der Waals surface area contributed by atoms with Gasteiger partial charge in [-0.2, -0.15) is 13.2 Å². The van der Waals surface area contributed by atoms with Crippen LogP contribution in [0, 0.1) is 0 Å². The van der Waals surface area contributed by atoms with Crippen molar-refractivity contribution < 1.29 is 22.6 Å². The number of hydrogen-bond donors (Lipinski definition) is 1. The highest BCUT2D eigenvalue weighted by Crippen LogP contribution is 2.32. The number of aromatic nitrogens is 1. The quantitative estimate of drug-likeness (QED) is 0.870. The molecule has 0 radical (unpaired) electrons. The van der Waals surface area contributed by atoms with E-state index in [1.165, 1.54) is 0 Å². The zero-order chi connectivity index (χ0) is 15.0. The zero-order valence-electron chi connectivity index (χ0n) is 10.9. The Kier molecular flexibility index (Phi) is 4.13. The number of nitrogens with one attached hydrogen (secondary N) is 1. The number of ether oxygens (including phenoxy) is 2. The maximum absolute atomic E-state index is 12.6. The maximum Gasteiger partial charge on any atom is 0.416 e. The number of halogens is 4. The highest BCUT2D eigenvalue weighted by Gasteiger charge is 2.33. The van der Waals surface area contributed by atoms with Crippen molar-refractivity contribution >= 4 is 17.4 Å². The van der Waals surface area contributed by atoms with E-state index in [-0.39, 0.29) is 23.6 Å². The van der Waals surface area contributed by atoms with Crippen LogP contribution in [0.3, 0.4) is 0 Å². The van der Waals surface area contributed by atoms with Crippen molar-refractivity contribution in [1.82, 2.24) is 4.98 Å². The fourth-order valence-corrected chi connectivity index (χ4v) is 2.04. The first-order valence-electron chi connectivity index (χ1n) is 5.96. The Morgan fingerprint density at radius 3 is 2.70 bits per heavy atom. The molecular formula is C12H14ClF3N2O2. The molecule has 1 saturated heterocycles. The molecule has 1 aliphatic heterocycles. The topological polar surface area (TPSA) is 43.4 Å². The second-order valence-corrected chi connectivity index (χ2v) is 5.28. The standard InChI is InChI=1S/C12H14ClF3N2O2/c1-11(2)19-6-8(20-11)5-17-10-4-7(12(14,15)16)3-9(13)18-10/h3-4,8H,5-6H2,1-2H3,(H,17,18). The maximum atomic E-state index is 12.6. The van der Waals surface area contributed by atoms with Crippen LogP contribution in [-0.2, 0) is 15.7 Å². The molecular weight excluding hydrogens is 297 g/mol. The van der Waals surface area contributed by atoms with Crippen LogP contribution in [0.4, 0.5) is 19.0 Å². The summed E-state index contributed by atoms with van der Waals surface area (Å²) in [6.45, 7) is 4.19. The molecule has 0 bridgehead atoms. The molecule has 20 heavy (non-hydrogen) atoms. The largest absolute Gasteiger partial charge is 0.416 e. The summed E-state index contributed by atoms with van der Waals surface area (Å²) >= 11 is 5.59. The summed E-state index contributed by atoms with van der Waals surface area (Å²) in [5.74, 6) is -0.622. The summed E-state index contributed by atoms with van der Waals surface area (Å²) in [6, 6.07) is 1.69. The molecule has 2 heterocycles. The smallest absolute Gasteiger partial charge is 0.367 e. The summed E-state index contributed by atoms with van der Waals surface area (Å²) in [5, 5.41) is 2.56. The van der Waals surface area contributed by atoms with Crippen LogP contribution in [-0.4, -0.2) is 30.0 Å². The van der Waals surface area contributed by atoms with Gasteiger partial charge in [0.2, 0.25) is 0 Å². The third-order valence-electron chi connectivity index (χ3n) is 2.70. The molecule has 0 aromatic carbocycles. The van der Waals surface area contributed by atoms with E-state index in [1.54, 1.807) is 13.8 Å². The van der Waals surface area contributed by atoms with E-state index in [0.717, 1.165) is 12.1 Å². The minimum atomic E-state index is -4.46. The Hall–Kier alpha value is -1.05. The van der Waals surface area contributed by atoms with Crippen molar-refractivity contribution in [3.63, 3.8) is 0 Å². The molecule has 0 saturated carbocycles. The minimum Gasteiger partial charge on any atom is -0.367 e. The first-order valence-corrected chi connectivity index (χ1v) is 6.34. The molecule has 0 aliphatic carbocycles. The van der Waals surface area contributed by atoms with Crippen molar-refractivity contribution in [2.45, 2.75) is 31.9 Å². The van der Waals surface area contributed by atoms with E-state index in [4.69, 9.17) is 21.1 Å². The zero-order valence-corrected chi connectivity index (χ0v) is 11.7. The molecule has 8 heteroatoms. The van der Waals surface area contributed by atoms with E-state index in [2.05, 4.69) is 10.3 Å². The van der Waals surface area contributed by atoms with Crippen LogP contribution in [0.15, 0.2) is 12.1 Å². The van der Waals surface area contributed by atoms with Gasteiger partial charge < -0.3 is 14.8 Å². The van der Waals surface area contributed by atoms with Gasteiger partial charge in [-0.05, 0) is 26.0 Å². The van der Waals surface area contributed by atoms with E-state index >= 15 is 0 Å². The van der Waals surface area contributed by atoms with Crippen molar-refractivity contribution in [3.05, 3.63) is 22.8 Å². The lowest BCUT2D eigenvalue weighted by Gasteiger charge is -2.17. The van der Waals surface area contributed by atoms with E-state index in [1.807, 2.05) is 0 Å². The number of hydrogen-bond acceptors (Lipinski definition) is 4. The molecule has 0 spiro atoms. The first kappa shape index (κ1) is 15.3. The molecule has 0 amide bonds. The molecule has 1 N–H and O–H groups in total. The van der Waals surface area contributed by atoms with Crippen LogP contribution in [0.2, 0.25) is 5.15 Å². The normalized spacial score (nSPS) is 22.0. The Balaban J connectivity index is 2.02. The molecule has 1 aromatic heterocycles. The lowest BCUT2D eigenvalue weighted by Crippen LogP contribution is -2.26. The first-order chi connectivity index (χ1) is 9.16. The summed E-state index contributed by atoms with van der Waals surface area (Å²) in [5.41, 5.74) is -0.844. The summed E-state index contributed by atoms with van der Waals surface area (Å²) in [4.78, 5) is 3.80. The molecule has 1 fully saturated rings. The van der Waals surface area contributed by atoms with Gasteiger partial charge in [-0.1, -0.05) is 11.6 Å². The monoisotopic (exact) mass is 310 g/mol. The summed E-state index contributed by atoms with van der Waals surface area (Å²) in [6.07, 6.45) is -4.71. The third-order valence-corrected chi connectivity index (χ3v) is 2.89. The summed E-state index contributed by atoms with van der Waals surface area (Å²) < 4.78 is 48.8. The van der Waals surface area contributed by atoms with Gasteiger partial charge in [0.1, 0.15) is 17.1 Å². The number of alkyl halides is 3. The van der Waals surface area contributed by atoms with Crippen molar-refractivity contribution in [3.8, 4) is 0 Å². The van der Waals surface area contributed by atoms with E-state index in [9.17, 15) is 13.2 Å². The second-order valence-electron chi connectivity index (χ2n) is 4.89. The van der Waals surface area contributed by atoms with Gasteiger partial charge in [-0.15, -0.1) is 0 Å². The van der Waals surface area contributed by atoms with Crippen LogP contribution in [0.1, 0.15) is 19.4 Å². The predicted molar refractivity (Wildman–Crippen MR) is 67.6 cm³/mol. The third kappa shape index (κ3) is 3.97. The fraction of sp³-hybridized carbons (Fsp3) is 0.583. The van der Waals surface area contributed by atoms with Crippen molar-refractivity contribution in [2.24, 2.45) is 0 Å². The predicted octanol–water partition coefficient (Wildman–Crippen LogP) is 3.32. The summed E-state index contributed by atoms with van der Waals surface area (Å²) in [7, 11) is 0. The molecule has 1 aromatic rings. The van der Waals surface area contributed by atoms with Gasteiger partial charge in [-0.25, -0.2) is 4.98 Å². The van der Waals surface area contributed by atoms with Crippen molar-refractivity contribution in [1.29, 1.82) is 0 Å². The molecule has 1 atom stereocenters. The number of pyridine rings is 1. The highest BCUT2D eigenvalue weighted by atomic mass is 35.5. The van der Waals surface area contributed by atoms with Gasteiger partial charge in [0.15, 0.2) is 5.79 Å². The molecule has 1 unspecified atom stereocenters. The van der Waals surface area contributed by atoms with Gasteiger partial charge in [0, 0.05) is 6.54 Å². The molecule has 1 aliphatic rings.